The van der Waals surface area contributed by atoms with Crippen LogP contribution in [0.15, 0.2) is 33.2 Å². The van der Waals surface area contributed by atoms with E-state index in [0.717, 1.165) is 34.6 Å². The van der Waals surface area contributed by atoms with Crippen LogP contribution >= 0.6 is 24.0 Å². The molecule has 0 bridgehead atoms. The van der Waals surface area contributed by atoms with E-state index in [4.69, 9.17) is 17.1 Å². The predicted molar refractivity (Wildman–Crippen MR) is 102 cm³/mol. The maximum absolute atomic E-state index is 12.4. The molecule has 24 heavy (non-hydrogen) atoms. The largest absolute Gasteiger partial charge is 0.399 e. The second kappa shape index (κ2) is 6.94. The van der Waals surface area contributed by atoms with Crippen molar-refractivity contribution >= 4 is 34.6 Å². The van der Waals surface area contributed by atoms with E-state index in [1.54, 1.807) is 18.0 Å². The highest BCUT2D eigenvalue weighted by molar-refractivity contribution is 7.99. The van der Waals surface area contributed by atoms with E-state index in [2.05, 4.69) is 16.3 Å². The topological polar surface area (TPSA) is 59.4 Å². The van der Waals surface area contributed by atoms with Gasteiger partial charge in [-0.25, -0.2) is 0 Å². The molecule has 1 aromatic heterocycles. The number of fused-ring (bicyclic) bond motifs is 1. The molecule has 2 heterocycles. The van der Waals surface area contributed by atoms with Gasteiger partial charge in [0.1, 0.15) is 7.11 Å². The molecule has 0 atom stereocenters. The fourth-order valence-electron chi connectivity index (χ4n) is 2.95. The Bertz CT molecular complexity index is 880. The molecule has 0 radical (unpaired) electrons. The third kappa shape index (κ3) is 2.82. The normalized spacial score (nSPS) is 15.4. The van der Waals surface area contributed by atoms with E-state index < -0.39 is 0 Å². The quantitative estimate of drug-likeness (QED) is 0.516. The summed E-state index contributed by atoms with van der Waals surface area (Å²) in [4.78, 5) is 19.1. The minimum absolute atomic E-state index is 0.0835. The molecular formula is C17H19N3O2S2. The minimum Gasteiger partial charge on any atom is -0.399 e. The molecule has 0 aliphatic carbocycles. The first kappa shape index (κ1) is 17.0. The summed E-state index contributed by atoms with van der Waals surface area (Å²) in [7, 11) is 1.56. The smallest absolute Gasteiger partial charge is 0.275 e. The lowest BCUT2D eigenvalue weighted by Gasteiger charge is -2.21. The summed E-state index contributed by atoms with van der Waals surface area (Å²) in [5, 5.41) is 7.14. The van der Waals surface area contributed by atoms with Gasteiger partial charge >= 0.3 is 0 Å². The summed E-state index contributed by atoms with van der Waals surface area (Å²) in [5.41, 5.74) is 4.41. The molecule has 0 fully saturated rings. The molecule has 1 aliphatic heterocycles. The fourth-order valence-corrected chi connectivity index (χ4v) is 4.41. The number of aromatic amines is 1. The van der Waals surface area contributed by atoms with Crippen molar-refractivity contribution < 1.29 is 4.84 Å². The molecule has 5 nitrogen and oxygen atoms in total. The molecule has 2 aromatic rings. The lowest BCUT2D eigenvalue weighted by atomic mass is 9.94. The number of aryl methyl sites for hydroxylation is 1. The van der Waals surface area contributed by atoms with E-state index >= 15 is 0 Å². The van der Waals surface area contributed by atoms with Crippen LogP contribution in [0.5, 0.6) is 0 Å². The van der Waals surface area contributed by atoms with Crippen LogP contribution in [-0.4, -0.2) is 33.2 Å². The van der Waals surface area contributed by atoms with E-state index in [1.807, 2.05) is 31.7 Å². The van der Waals surface area contributed by atoms with Crippen LogP contribution in [0, 0.1) is 6.92 Å². The van der Waals surface area contributed by atoms with Crippen molar-refractivity contribution in [2.75, 3.05) is 12.9 Å². The average molecular weight is 361 g/mol. The van der Waals surface area contributed by atoms with E-state index in [0.29, 0.717) is 17.0 Å². The lowest BCUT2D eigenvalue weighted by molar-refractivity contribution is 0.213. The Balaban J connectivity index is 2.11. The molecule has 0 saturated heterocycles. The summed E-state index contributed by atoms with van der Waals surface area (Å²) >= 11 is 7.43. The zero-order chi connectivity index (χ0) is 17.3. The molecule has 1 aliphatic rings. The maximum Gasteiger partial charge on any atom is 0.275 e. The van der Waals surface area contributed by atoms with Gasteiger partial charge in [-0.1, -0.05) is 23.4 Å². The molecule has 1 aromatic carbocycles. The zero-order valence-electron chi connectivity index (χ0n) is 13.9. The van der Waals surface area contributed by atoms with Gasteiger partial charge in [-0.15, -0.1) is 11.8 Å². The fraction of sp³-hybridized carbons (Fsp3) is 0.353. The second-order valence-electron chi connectivity index (χ2n) is 5.50. The zero-order valence-corrected chi connectivity index (χ0v) is 15.5. The monoisotopic (exact) mass is 361 g/mol. The van der Waals surface area contributed by atoms with Crippen molar-refractivity contribution in [3.05, 3.63) is 50.9 Å². The van der Waals surface area contributed by atoms with Crippen LogP contribution in [-0.2, 0) is 11.4 Å². The summed E-state index contributed by atoms with van der Waals surface area (Å²) in [5.74, 6) is 0.984. The second-order valence-corrected chi connectivity index (χ2v) is 7.04. The number of benzene rings is 1. The Labute approximate surface area is 150 Å². The van der Waals surface area contributed by atoms with Crippen LogP contribution in [0.25, 0.3) is 0 Å². The highest BCUT2D eigenvalue weighted by atomic mass is 32.2. The van der Waals surface area contributed by atoms with E-state index in [9.17, 15) is 4.79 Å². The molecular weight excluding hydrogens is 342 g/mol. The van der Waals surface area contributed by atoms with Crippen molar-refractivity contribution in [3.63, 3.8) is 0 Å². The minimum atomic E-state index is -0.0835. The van der Waals surface area contributed by atoms with Crippen LogP contribution in [0.3, 0.4) is 0 Å². The van der Waals surface area contributed by atoms with Gasteiger partial charge in [0.15, 0.2) is 0 Å². The van der Waals surface area contributed by atoms with Crippen LogP contribution in [0.4, 0.5) is 0 Å². The SMILES string of the molecule is CCn1[nH]cc(C(=S)c2ccc3c(c2C)/C(=N/OC)CCS3)c1=O. The Morgan fingerprint density at radius 2 is 2.25 bits per heavy atom. The number of hydrogen-bond donors (Lipinski definition) is 1. The van der Waals surface area contributed by atoms with Crippen molar-refractivity contribution in [3.8, 4) is 0 Å². The number of H-pyrrole nitrogens is 1. The Morgan fingerprint density at radius 3 is 2.92 bits per heavy atom. The van der Waals surface area contributed by atoms with Crippen LogP contribution in [0.2, 0.25) is 0 Å². The van der Waals surface area contributed by atoms with Gasteiger partial charge in [-0.2, -0.15) is 0 Å². The van der Waals surface area contributed by atoms with Crippen LogP contribution < -0.4 is 5.56 Å². The molecule has 126 valence electrons. The molecule has 7 heteroatoms. The number of thioether (sulfide) groups is 1. The molecule has 0 amide bonds. The molecule has 0 saturated carbocycles. The summed E-state index contributed by atoms with van der Waals surface area (Å²) in [6, 6.07) is 4.06. The van der Waals surface area contributed by atoms with Gasteiger partial charge in [-0.05, 0) is 31.0 Å². The van der Waals surface area contributed by atoms with Gasteiger partial charge < -0.3 is 9.94 Å². The first-order valence-electron chi connectivity index (χ1n) is 7.78. The molecule has 0 unspecified atom stereocenters. The lowest BCUT2D eigenvalue weighted by Crippen LogP contribution is -2.22. The van der Waals surface area contributed by atoms with E-state index in [-0.39, 0.29) is 5.56 Å². The third-order valence-electron chi connectivity index (χ3n) is 4.16. The number of rotatable bonds is 4. The van der Waals surface area contributed by atoms with Crippen LogP contribution in [0.1, 0.15) is 35.6 Å². The Morgan fingerprint density at radius 1 is 1.46 bits per heavy atom. The predicted octanol–water partition coefficient (Wildman–Crippen LogP) is 3.12. The number of nitrogens with one attached hydrogen (secondary N) is 1. The van der Waals surface area contributed by atoms with Crippen molar-refractivity contribution in [1.82, 2.24) is 9.78 Å². The van der Waals surface area contributed by atoms with Gasteiger partial charge in [0, 0.05) is 35.4 Å². The number of nitrogens with zero attached hydrogens (tertiary/aromatic N) is 2. The highest BCUT2D eigenvalue weighted by Crippen LogP contribution is 2.34. The summed E-state index contributed by atoms with van der Waals surface area (Å²) in [6.45, 7) is 4.54. The molecule has 3 rings (SSSR count). The van der Waals surface area contributed by atoms with Crippen molar-refractivity contribution in [2.24, 2.45) is 5.16 Å². The first-order valence-corrected chi connectivity index (χ1v) is 9.17. The Hall–Kier alpha value is -1.86. The van der Waals surface area contributed by atoms with Gasteiger partial charge in [0.25, 0.3) is 5.56 Å². The van der Waals surface area contributed by atoms with Gasteiger partial charge in [-0.3, -0.25) is 9.48 Å². The first-order chi connectivity index (χ1) is 11.6. The third-order valence-corrected chi connectivity index (χ3v) is 5.66. The average Bonchev–Trinajstić information content (AvgIpc) is 2.95. The summed E-state index contributed by atoms with van der Waals surface area (Å²) in [6.07, 6.45) is 2.54. The molecule has 0 spiro atoms. The Kier molecular flexibility index (Phi) is 4.91. The number of oxime groups is 1. The van der Waals surface area contributed by atoms with Crippen molar-refractivity contribution in [2.45, 2.75) is 31.7 Å². The maximum atomic E-state index is 12.4. The number of thiocarbonyl (C=S) groups is 1. The van der Waals surface area contributed by atoms with Gasteiger partial charge in [0.2, 0.25) is 0 Å². The molecule has 1 N–H and O–H groups in total. The number of aromatic nitrogens is 2. The van der Waals surface area contributed by atoms with Gasteiger partial charge in [0.05, 0.1) is 16.1 Å². The van der Waals surface area contributed by atoms with E-state index in [1.165, 1.54) is 4.90 Å². The standard InChI is InChI=1S/C17H19N3O2S2/c1-4-20-17(21)12(9-18-20)16(23)11-5-6-14-15(10(11)2)13(19-22-3)7-8-24-14/h5-6,9,18H,4,7-8H2,1-3H3/b19-13+. The number of hydrogen-bond acceptors (Lipinski definition) is 5. The summed E-state index contributed by atoms with van der Waals surface area (Å²) < 4.78 is 1.54. The highest BCUT2D eigenvalue weighted by Gasteiger charge is 2.23. The van der Waals surface area contributed by atoms with Crippen molar-refractivity contribution in [1.29, 1.82) is 0 Å².